The van der Waals surface area contributed by atoms with E-state index in [0.717, 1.165) is 12.8 Å². The molecule has 0 radical (unpaired) electrons. The topological polar surface area (TPSA) is 54.4 Å². The standard InChI is InChI=1S/C10H14O3S.Na.H/c1-2-3-6-9-7-4-5-8-10(9)14(11,12)13;;/h4-5,7-8H,2-3,6H2,1H3,(H,11,12,13);;/q;+1;-1. The molecule has 0 heterocycles. The molecule has 0 saturated carbocycles. The van der Waals surface area contributed by atoms with E-state index in [-0.39, 0.29) is 35.9 Å². The van der Waals surface area contributed by atoms with Crippen molar-refractivity contribution in [3.8, 4) is 0 Å². The van der Waals surface area contributed by atoms with Crippen molar-refractivity contribution in [3.63, 3.8) is 0 Å². The molecule has 3 nitrogen and oxygen atoms in total. The molecular formula is C10H15NaO3S. The third-order valence-corrected chi connectivity index (χ3v) is 3.00. The first-order valence-corrected chi connectivity index (χ1v) is 6.05. The second-order valence-electron chi connectivity index (χ2n) is 3.19. The van der Waals surface area contributed by atoms with Gasteiger partial charge in [0.05, 0.1) is 4.90 Å². The molecule has 1 rings (SSSR count). The van der Waals surface area contributed by atoms with E-state index >= 15 is 0 Å². The quantitative estimate of drug-likeness (QED) is 0.562. The average Bonchev–Trinajstić information content (AvgIpc) is 2.14. The summed E-state index contributed by atoms with van der Waals surface area (Å²) in [7, 11) is -4.06. The number of benzene rings is 1. The minimum absolute atomic E-state index is 0. The predicted molar refractivity (Wildman–Crippen MR) is 56.0 cm³/mol. The summed E-state index contributed by atoms with van der Waals surface area (Å²) >= 11 is 0. The van der Waals surface area contributed by atoms with Crippen molar-refractivity contribution < 1.29 is 44.0 Å². The summed E-state index contributed by atoms with van der Waals surface area (Å²) in [6.07, 6.45) is 2.61. The van der Waals surface area contributed by atoms with E-state index < -0.39 is 10.1 Å². The molecule has 0 unspecified atom stereocenters. The Bertz CT molecular complexity index is 406. The van der Waals surface area contributed by atoms with Crippen LogP contribution in [0.15, 0.2) is 29.2 Å². The van der Waals surface area contributed by atoms with Crippen molar-refractivity contribution in [1.29, 1.82) is 0 Å². The van der Waals surface area contributed by atoms with Gasteiger partial charge >= 0.3 is 29.6 Å². The van der Waals surface area contributed by atoms with Crippen LogP contribution in [0.2, 0.25) is 0 Å². The molecule has 0 fully saturated rings. The van der Waals surface area contributed by atoms with E-state index in [4.69, 9.17) is 4.55 Å². The van der Waals surface area contributed by atoms with Gasteiger partial charge in [0, 0.05) is 0 Å². The van der Waals surface area contributed by atoms with Crippen LogP contribution < -0.4 is 29.6 Å². The van der Waals surface area contributed by atoms with Gasteiger partial charge in [-0.3, -0.25) is 4.55 Å². The Kier molecular flexibility index (Phi) is 6.71. The first-order chi connectivity index (χ1) is 6.55. The molecule has 1 aromatic rings. The molecule has 0 amide bonds. The summed E-state index contributed by atoms with van der Waals surface area (Å²) in [6, 6.07) is 6.55. The Labute approximate surface area is 114 Å². The van der Waals surface area contributed by atoms with Crippen molar-refractivity contribution >= 4 is 10.1 Å². The van der Waals surface area contributed by atoms with E-state index in [9.17, 15) is 8.42 Å². The zero-order chi connectivity index (χ0) is 10.6. The van der Waals surface area contributed by atoms with Gasteiger partial charge < -0.3 is 1.43 Å². The summed E-state index contributed by atoms with van der Waals surface area (Å²) in [5.74, 6) is 0. The first-order valence-electron chi connectivity index (χ1n) is 4.61. The fourth-order valence-corrected chi connectivity index (χ4v) is 2.08. The maximum Gasteiger partial charge on any atom is 1.00 e. The van der Waals surface area contributed by atoms with E-state index in [1.807, 2.05) is 6.92 Å². The number of hydrogen-bond acceptors (Lipinski definition) is 2. The molecule has 0 bridgehead atoms. The Morgan fingerprint density at radius 2 is 1.93 bits per heavy atom. The Morgan fingerprint density at radius 3 is 2.47 bits per heavy atom. The predicted octanol–water partition coefficient (Wildman–Crippen LogP) is -0.608. The molecule has 5 heteroatoms. The summed E-state index contributed by atoms with van der Waals surface area (Å²) in [5, 5.41) is 0. The minimum Gasteiger partial charge on any atom is -1.00 e. The maximum atomic E-state index is 11.0. The van der Waals surface area contributed by atoms with E-state index in [1.165, 1.54) is 6.07 Å². The van der Waals surface area contributed by atoms with Crippen molar-refractivity contribution in [2.75, 3.05) is 0 Å². The molecule has 1 aromatic carbocycles. The normalized spacial score (nSPS) is 10.8. The fraction of sp³-hybridized carbons (Fsp3) is 0.400. The van der Waals surface area contributed by atoms with Crippen LogP contribution in [0.5, 0.6) is 0 Å². The van der Waals surface area contributed by atoms with Crippen LogP contribution in [0, 0.1) is 0 Å². The molecule has 0 aliphatic rings. The van der Waals surface area contributed by atoms with Crippen LogP contribution in [0.25, 0.3) is 0 Å². The number of rotatable bonds is 4. The SMILES string of the molecule is CCCCc1ccccc1S(=O)(=O)O.[H-].[Na+]. The second kappa shape index (κ2) is 6.66. The molecule has 15 heavy (non-hydrogen) atoms. The Morgan fingerprint density at radius 1 is 1.33 bits per heavy atom. The van der Waals surface area contributed by atoms with Crippen molar-refractivity contribution in [2.45, 2.75) is 31.1 Å². The van der Waals surface area contributed by atoms with Gasteiger partial charge in [0.25, 0.3) is 10.1 Å². The monoisotopic (exact) mass is 238 g/mol. The van der Waals surface area contributed by atoms with Gasteiger partial charge in [-0.2, -0.15) is 8.42 Å². The van der Waals surface area contributed by atoms with E-state index in [1.54, 1.807) is 18.2 Å². The van der Waals surface area contributed by atoms with Gasteiger partial charge in [-0.1, -0.05) is 31.5 Å². The molecule has 0 atom stereocenters. The third-order valence-electron chi connectivity index (χ3n) is 2.05. The van der Waals surface area contributed by atoms with Gasteiger partial charge in [-0.05, 0) is 24.5 Å². The molecule has 0 aromatic heterocycles. The van der Waals surface area contributed by atoms with E-state index in [0.29, 0.717) is 12.0 Å². The maximum absolute atomic E-state index is 11.0. The van der Waals surface area contributed by atoms with Crippen LogP contribution in [-0.4, -0.2) is 13.0 Å². The third kappa shape index (κ3) is 4.66. The van der Waals surface area contributed by atoms with Crippen LogP contribution >= 0.6 is 0 Å². The summed E-state index contributed by atoms with van der Waals surface area (Å²) in [5.41, 5.74) is 0.692. The molecule has 0 aliphatic carbocycles. The number of hydrogen-bond donors (Lipinski definition) is 1. The van der Waals surface area contributed by atoms with Crippen LogP contribution in [0.1, 0.15) is 26.8 Å². The molecular weight excluding hydrogens is 223 g/mol. The van der Waals surface area contributed by atoms with Crippen LogP contribution in [0.4, 0.5) is 0 Å². The molecule has 0 spiro atoms. The largest absolute Gasteiger partial charge is 1.00 e. The van der Waals surface area contributed by atoms with Gasteiger partial charge in [0.1, 0.15) is 0 Å². The smallest absolute Gasteiger partial charge is 1.00 e. The van der Waals surface area contributed by atoms with Gasteiger partial charge in [-0.15, -0.1) is 0 Å². The van der Waals surface area contributed by atoms with Gasteiger partial charge in [0.15, 0.2) is 0 Å². The van der Waals surface area contributed by atoms with E-state index in [2.05, 4.69) is 0 Å². The van der Waals surface area contributed by atoms with Gasteiger partial charge in [0.2, 0.25) is 0 Å². The van der Waals surface area contributed by atoms with Crippen molar-refractivity contribution in [2.24, 2.45) is 0 Å². The average molecular weight is 238 g/mol. The molecule has 80 valence electrons. The summed E-state index contributed by atoms with van der Waals surface area (Å²) in [6.45, 7) is 2.04. The zero-order valence-corrected chi connectivity index (χ0v) is 11.9. The second-order valence-corrected chi connectivity index (χ2v) is 4.58. The zero-order valence-electron chi connectivity index (χ0n) is 10.1. The fourth-order valence-electron chi connectivity index (χ4n) is 1.33. The number of aryl methyl sites for hydroxylation is 1. The molecule has 0 aliphatic heterocycles. The van der Waals surface area contributed by atoms with Crippen molar-refractivity contribution in [3.05, 3.63) is 29.8 Å². The van der Waals surface area contributed by atoms with Crippen LogP contribution in [0.3, 0.4) is 0 Å². The number of unbranched alkanes of at least 4 members (excludes halogenated alkanes) is 1. The first kappa shape index (κ1) is 15.1. The Balaban J connectivity index is 0. The summed E-state index contributed by atoms with van der Waals surface area (Å²) in [4.78, 5) is 0.0356. The van der Waals surface area contributed by atoms with Crippen LogP contribution in [-0.2, 0) is 16.5 Å². The molecule has 1 N–H and O–H groups in total. The van der Waals surface area contributed by atoms with Gasteiger partial charge in [-0.25, -0.2) is 0 Å². The van der Waals surface area contributed by atoms with Crippen molar-refractivity contribution in [1.82, 2.24) is 0 Å². The molecule has 0 saturated heterocycles. The summed E-state index contributed by atoms with van der Waals surface area (Å²) < 4.78 is 30.9. The Hall–Kier alpha value is 0.130. The minimum atomic E-state index is -4.06.